The van der Waals surface area contributed by atoms with Gasteiger partial charge in [-0.15, -0.1) is 11.8 Å². The lowest BCUT2D eigenvalue weighted by Crippen LogP contribution is -2.55. The Hall–Kier alpha value is -2.06. The molecule has 4 atom stereocenters. The number of aliphatic hydroxyl groups is 1. The van der Waals surface area contributed by atoms with Gasteiger partial charge in [0.25, 0.3) is 5.91 Å². The number of likely N-dealkylation sites (tertiary alicyclic amines) is 1. The van der Waals surface area contributed by atoms with E-state index in [-0.39, 0.29) is 41.7 Å². The van der Waals surface area contributed by atoms with Crippen molar-refractivity contribution in [2.45, 2.75) is 56.6 Å². The number of thioether (sulfide) groups is 1. The third kappa shape index (κ3) is 3.71. The summed E-state index contributed by atoms with van der Waals surface area (Å²) < 4.78 is 0. The van der Waals surface area contributed by atoms with Crippen LogP contribution >= 0.6 is 11.8 Å². The van der Waals surface area contributed by atoms with Crippen LogP contribution in [0, 0.1) is 5.92 Å². The number of nitrogens with zero attached hydrogens (tertiary/aromatic N) is 2. The van der Waals surface area contributed by atoms with Crippen LogP contribution in [0.4, 0.5) is 0 Å². The van der Waals surface area contributed by atoms with Gasteiger partial charge in [-0.05, 0) is 36.8 Å². The summed E-state index contributed by atoms with van der Waals surface area (Å²) >= 11 is 1.59. The first-order valence-corrected chi connectivity index (χ1v) is 11.7. The lowest BCUT2D eigenvalue weighted by atomic mass is 10.0. The maximum absolute atomic E-state index is 13.2. The Morgan fingerprint density at radius 3 is 2.80 bits per heavy atom. The topological polar surface area (TPSA) is 90.0 Å². The van der Waals surface area contributed by atoms with Crippen LogP contribution in [0.1, 0.15) is 54.4 Å². The first-order chi connectivity index (χ1) is 14.4. The van der Waals surface area contributed by atoms with Crippen molar-refractivity contribution in [1.29, 1.82) is 0 Å². The number of carbonyl (C=O) groups is 3. The third-order valence-electron chi connectivity index (χ3n) is 6.19. The second-order valence-corrected chi connectivity index (χ2v) is 9.82. The number of benzene rings is 1. The van der Waals surface area contributed by atoms with Crippen molar-refractivity contribution < 1.29 is 19.5 Å². The molecule has 3 aliphatic rings. The minimum Gasteiger partial charge on any atom is -0.394 e. The van der Waals surface area contributed by atoms with Crippen LogP contribution in [0.25, 0.3) is 0 Å². The molecule has 2 N–H and O–H groups in total. The molecule has 162 valence electrons. The Balaban J connectivity index is 1.49. The van der Waals surface area contributed by atoms with Gasteiger partial charge in [0, 0.05) is 17.9 Å². The molecule has 8 heteroatoms. The van der Waals surface area contributed by atoms with E-state index in [0.717, 1.165) is 18.4 Å². The second-order valence-electron chi connectivity index (χ2n) is 8.70. The number of carbonyl (C=O) groups excluding carboxylic acids is 3. The van der Waals surface area contributed by atoms with Crippen molar-refractivity contribution in [3.8, 4) is 0 Å². The normalized spacial score (nSPS) is 26.1. The predicted octanol–water partition coefficient (Wildman–Crippen LogP) is 1.77. The van der Waals surface area contributed by atoms with Crippen LogP contribution in [0.15, 0.2) is 24.3 Å². The number of hydrogen-bond acceptors (Lipinski definition) is 5. The van der Waals surface area contributed by atoms with E-state index in [1.165, 1.54) is 0 Å². The van der Waals surface area contributed by atoms with Crippen molar-refractivity contribution in [2.75, 3.05) is 18.9 Å². The van der Waals surface area contributed by atoms with Crippen LogP contribution in [-0.2, 0) is 9.59 Å². The summed E-state index contributed by atoms with van der Waals surface area (Å²) in [6.45, 7) is 4.58. The zero-order chi connectivity index (χ0) is 21.4. The van der Waals surface area contributed by atoms with Crippen molar-refractivity contribution in [3.63, 3.8) is 0 Å². The molecular formula is C22H29N3O4S. The van der Waals surface area contributed by atoms with Crippen molar-refractivity contribution in [2.24, 2.45) is 5.92 Å². The molecule has 0 bridgehead atoms. The molecule has 3 heterocycles. The molecule has 1 aromatic carbocycles. The highest BCUT2D eigenvalue weighted by atomic mass is 32.2. The van der Waals surface area contributed by atoms with Crippen molar-refractivity contribution in [1.82, 2.24) is 15.1 Å². The largest absolute Gasteiger partial charge is 0.394 e. The third-order valence-corrected chi connectivity index (χ3v) is 7.49. The zero-order valence-corrected chi connectivity index (χ0v) is 18.2. The Labute approximate surface area is 181 Å². The van der Waals surface area contributed by atoms with E-state index in [9.17, 15) is 19.5 Å². The fourth-order valence-corrected chi connectivity index (χ4v) is 6.18. The van der Waals surface area contributed by atoms with Crippen molar-refractivity contribution in [3.05, 3.63) is 35.4 Å². The summed E-state index contributed by atoms with van der Waals surface area (Å²) in [5.41, 5.74) is 1.62. The first-order valence-electron chi connectivity index (χ1n) is 10.7. The predicted molar refractivity (Wildman–Crippen MR) is 115 cm³/mol. The quantitative estimate of drug-likeness (QED) is 0.717. The molecule has 2 fully saturated rings. The van der Waals surface area contributed by atoms with Crippen LogP contribution in [0.2, 0.25) is 0 Å². The molecule has 0 saturated carbocycles. The molecule has 4 unspecified atom stereocenters. The highest BCUT2D eigenvalue weighted by Gasteiger charge is 2.49. The average Bonchev–Trinajstić information content (AvgIpc) is 3.43. The molecular weight excluding hydrogens is 402 g/mol. The zero-order valence-electron chi connectivity index (χ0n) is 17.4. The summed E-state index contributed by atoms with van der Waals surface area (Å²) in [4.78, 5) is 42.7. The molecule has 0 spiro atoms. The molecule has 0 aromatic heterocycles. The monoisotopic (exact) mass is 431 g/mol. The standard InChI is InChI=1S/C22H29N3O4S/c1-13(2)10-17(21(29)24-9-5-6-14(24)11-26)23-19(27)18-12-30-22-16-8-4-3-7-15(16)20(28)25(18)22/h3-4,7-8,13-14,17-18,22,26H,5-6,9-12H2,1-2H3,(H,23,27). The van der Waals surface area contributed by atoms with Gasteiger partial charge in [0.15, 0.2) is 0 Å². The first kappa shape index (κ1) is 21.2. The average molecular weight is 432 g/mol. The number of aliphatic hydroxyl groups excluding tert-OH is 1. The fourth-order valence-electron chi connectivity index (χ4n) is 4.72. The van der Waals surface area contributed by atoms with Gasteiger partial charge in [-0.2, -0.15) is 0 Å². The lowest BCUT2D eigenvalue weighted by Gasteiger charge is -2.31. The van der Waals surface area contributed by atoms with E-state index in [0.29, 0.717) is 24.3 Å². The Morgan fingerprint density at radius 1 is 1.30 bits per heavy atom. The summed E-state index contributed by atoms with van der Waals surface area (Å²) in [5.74, 6) is 0.212. The number of amides is 3. The Kier molecular flexibility index (Phi) is 6.06. The Bertz CT molecular complexity index is 845. The van der Waals surface area contributed by atoms with Gasteiger partial charge in [-0.3, -0.25) is 14.4 Å². The van der Waals surface area contributed by atoms with E-state index in [4.69, 9.17) is 0 Å². The molecule has 0 radical (unpaired) electrons. The molecule has 7 nitrogen and oxygen atoms in total. The molecule has 2 saturated heterocycles. The van der Waals surface area contributed by atoms with Gasteiger partial charge in [0.2, 0.25) is 11.8 Å². The van der Waals surface area contributed by atoms with Gasteiger partial charge in [-0.1, -0.05) is 32.0 Å². The van der Waals surface area contributed by atoms with Gasteiger partial charge in [-0.25, -0.2) is 0 Å². The maximum atomic E-state index is 13.2. The van der Waals surface area contributed by atoms with Crippen LogP contribution in [-0.4, -0.2) is 69.7 Å². The summed E-state index contributed by atoms with van der Waals surface area (Å²) in [6.07, 6.45) is 2.17. The van der Waals surface area contributed by atoms with E-state index in [1.54, 1.807) is 27.6 Å². The summed E-state index contributed by atoms with van der Waals surface area (Å²) in [6, 6.07) is 6.09. The summed E-state index contributed by atoms with van der Waals surface area (Å²) in [5, 5.41) is 12.4. The SMILES string of the molecule is CC(C)CC(NC(=O)C1CSC2c3ccccc3C(=O)N12)C(=O)N1CCCC1CO. The number of rotatable bonds is 6. The molecule has 4 rings (SSSR count). The minimum atomic E-state index is -0.645. The van der Waals surface area contributed by atoms with Crippen LogP contribution < -0.4 is 5.32 Å². The highest BCUT2D eigenvalue weighted by Crippen LogP contribution is 2.48. The van der Waals surface area contributed by atoms with E-state index < -0.39 is 12.1 Å². The molecule has 1 aromatic rings. The number of nitrogens with one attached hydrogen (secondary N) is 1. The van der Waals surface area contributed by atoms with Gasteiger partial charge >= 0.3 is 0 Å². The highest BCUT2D eigenvalue weighted by molar-refractivity contribution is 7.99. The molecule has 3 amide bonds. The summed E-state index contributed by atoms with van der Waals surface area (Å²) in [7, 11) is 0. The van der Waals surface area contributed by atoms with Gasteiger partial charge in [0.05, 0.1) is 12.6 Å². The second kappa shape index (κ2) is 8.59. The Morgan fingerprint density at radius 2 is 2.07 bits per heavy atom. The van der Waals surface area contributed by atoms with E-state index in [1.807, 2.05) is 32.0 Å². The van der Waals surface area contributed by atoms with E-state index >= 15 is 0 Å². The molecule has 0 aliphatic carbocycles. The molecule has 3 aliphatic heterocycles. The number of fused-ring (bicyclic) bond motifs is 3. The van der Waals surface area contributed by atoms with Crippen LogP contribution in [0.3, 0.4) is 0 Å². The van der Waals surface area contributed by atoms with Crippen molar-refractivity contribution >= 4 is 29.5 Å². The maximum Gasteiger partial charge on any atom is 0.256 e. The smallest absolute Gasteiger partial charge is 0.256 e. The fraction of sp³-hybridized carbons (Fsp3) is 0.591. The lowest BCUT2D eigenvalue weighted by molar-refractivity contribution is -0.139. The van der Waals surface area contributed by atoms with Gasteiger partial charge in [0.1, 0.15) is 17.5 Å². The molecule has 30 heavy (non-hydrogen) atoms. The van der Waals surface area contributed by atoms with Gasteiger partial charge < -0.3 is 20.2 Å². The van der Waals surface area contributed by atoms with E-state index in [2.05, 4.69) is 5.32 Å². The number of hydrogen-bond donors (Lipinski definition) is 2. The van der Waals surface area contributed by atoms with Crippen LogP contribution in [0.5, 0.6) is 0 Å². The minimum absolute atomic E-state index is 0.0600.